The molecule has 12 nitrogen and oxygen atoms in total. The largest absolute Gasteiger partial charge is 0.477 e. The summed E-state index contributed by atoms with van der Waals surface area (Å²) in [5.41, 5.74) is 6.29. The van der Waals surface area contributed by atoms with E-state index in [0.29, 0.717) is 17.1 Å². The van der Waals surface area contributed by atoms with Gasteiger partial charge in [-0.15, -0.1) is 28.2 Å². The van der Waals surface area contributed by atoms with Crippen molar-refractivity contribution in [3.05, 3.63) is 27.2 Å². The van der Waals surface area contributed by atoms with Gasteiger partial charge in [-0.05, 0) is 23.5 Å². The van der Waals surface area contributed by atoms with E-state index in [-0.39, 0.29) is 22.2 Å². The first-order valence-electron chi connectivity index (χ1n) is 9.83. The van der Waals surface area contributed by atoms with Gasteiger partial charge in [0.1, 0.15) is 34.9 Å². The number of carbonyl (C=O) groups excluding carboxylic acids is 2. The third-order valence-corrected chi connectivity index (χ3v) is 9.03. The minimum atomic E-state index is -1.19. The van der Waals surface area contributed by atoms with Gasteiger partial charge in [0.2, 0.25) is 0 Å². The third-order valence-electron chi connectivity index (χ3n) is 4.92. The second-order valence-electron chi connectivity index (χ2n) is 6.96. The van der Waals surface area contributed by atoms with Gasteiger partial charge in [-0.3, -0.25) is 14.5 Å². The first kappa shape index (κ1) is 24.4. The Morgan fingerprint density at radius 1 is 1.47 bits per heavy atom. The van der Waals surface area contributed by atoms with Crippen LogP contribution in [0.1, 0.15) is 17.5 Å². The summed E-state index contributed by atoms with van der Waals surface area (Å²) < 4.78 is 3.95. The molecular weight excluding hydrogens is 523 g/mol. The Hall–Kier alpha value is -2.69. The lowest BCUT2D eigenvalue weighted by Crippen LogP contribution is -2.71. The normalized spacial score (nSPS) is 20.1. The number of carboxylic acids is 1. The number of β-lactam (4-membered cyclic amide) rings is 1. The predicted molar refractivity (Wildman–Crippen MR) is 130 cm³/mol. The minimum absolute atomic E-state index is 0.0500. The average molecular weight is 542 g/mol. The fraction of sp³-hybridized carbons (Fsp3) is 0.389. The van der Waals surface area contributed by atoms with Crippen molar-refractivity contribution in [2.75, 3.05) is 24.3 Å². The number of carboxylic acid groups (broad SMARTS) is 1. The molecule has 4 heterocycles. The van der Waals surface area contributed by atoms with Crippen LogP contribution in [0.2, 0.25) is 0 Å². The van der Waals surface area contributed by atoms with Gasteiger partial charge in [0, 0.05) is 16.9 Å². The van der Waals surface area contributed by atoms with Crippen molar-refractivity contribution in [3.8, 4) is 0 Å². The highest BCUT2D eigenvalue weighted by molar-refractivity contribution is 8.01. The van der Waals surface area contributed by atoms with Crippen molar-refractivity contribution in [1.29, 1.82) is 0 Å². The maximum atomic E-state index is 12.9. The quantitative estimate of drug-likeness (QED) is 0.179. The van der Waals surface area contributed by atoms with Crippen LogP contribution in [-0.2, 0) is 25.6 Å². The van der Waals surface area contributed by atoms with Crippen LogP contribution >= 0.6 is 46.4 Å². The number of rotatable bonds is 9. The Morgan fingerprint density at radius 2 is 2.26 bits per heavy atom. The Bertz CT molecular complexity index is 1190. The van der Waals surface area contributed by atoms with Gasteiger partial charge in [-0.25, -0.2) is 9.78 Å². The summed E-state index contributed by atoms with van der Waals surface area (Å²) in [6.45, 7) is 2.00. The molecule has 2 aromatic rings. The van der Waals surface area contributed by atoms with E-state index < -0.39 is 29.2 Å². The monoisotopic (exact) mass is 541 g/mol. The van der Waals surface area contributed by atoms with Crippen LogP contribution in [0.15, 0.2) is 26.8 Å². The molecule has 4 rings (SSSR count). The second kappa shape index (κ2) is 10.3. The van der Waals surface area contributed by atoms with Crippen molar-refractivity contribution in [2.24, 2.45) is 5.16 Å². The van der Waals surface area contributed by atoms with Crippen LogP contribution in [0, 0.1) is 0 Å². The Kier molecular flexibility index (Phi) is 7.39. The number of aryl methyl sites for hydroxylation is 1. The summed E-state index contributed by atoms with van der Waals surface area (Å²) >= 11 is 5.24. The van der Waals surface area contributed by atoms with E-state index in [1.54, 1.807) is 5.38 Å². The molecule has 0 aliphatic carbocycles. The standard InChI is InChI=1S/C18H19N7O5S4/c1-3-9-14(22-24-34-9)31-4-7-5-32-16-11(15(27)25(16)12(7)17(28)29)21-13(26)10(23-30-2)8-6-33-18(19)20-8/h6,11,16H,3-5H2,1-2H3,(H2,19,20)(H,21,26)(H,28,29). The van der Waals surface area contributed by atoms with Gasteiger partial charge in [0.05, 0.1) is 4.88 Å². The average Bonchev–Trinajstić information content (AvgIpc) is 3.46. The zero-order valence-corrected chi connectivity index (χ0v) is 21.1. The Balaban J connectivity index is 1.49. The van der Waals surface area contributed by atoms with E-state index in [1.807, 2.05) is 6.92 Å². The van der Waals surface area contributed by atoms with Crippen molar-refractivity contribution < 1.29 is 24.3 Å². The Morgan fingerprint density at radius 3 is 2.91 bits per heavy atom. The number of carbonyl (C=O) groups is 3. The lowest BCUT2D eigenvalue weighted by molar-refractivity contribution is -0.150. The summed E-state index contributed by atoms with van der Waals surface area (Å²) in [7, 11) is 1.28. The molecule has 2 aliphatic heterocycles. The molecule has 180 valence electrons. The molecular formula is C18H19N7O5S4. The summed E-state index contributed by atoms with van der Waals surface area (Å²) in [4.78, 5) is 48.8. The van der Waals surface area contributed by atoms with E-state index in [0.717, 1.165) is 27.7 Å². The zero-order valence-electron chi connectivity index (χ0n) is 17.9. The number of hydrogen-bond donors (Lipinski definition) is 3. The molecule has 34 heavy (non-hydrogen) atoms. The number of nitrogens with two attached hydrogens (primary N) is 1. The predicted octanol–water partition coefficient (Wildman–Crippen LogP) is 1.02. The molecule has 0 aromatic carbocycles. The lowest BCUT2D eigenvalue weighted by Gasteiger charge is -2.49. The number of nitrogens with one attached hydrogen (secondary N) is 1. The number of hydrogen-bond acceptors (Lipinski definition) is 13. The first-order valence-corrected chi connectivity index (χ1v) is 13.5. The van der Waals surface area contributed by atoms with E-state index in [9.17, 15) is 19.5 Å². The maximum absolute atomic E-state index is 12.9. The summed E-state index contributed by atoms with van der Waals surface area (Å²) in [6.07, 6.45) is 0.787. The molecule has 0 bridgehead atoms. The smallest absolute Gasteiger partial charge is 0.352 e. The van der Waals surface area contributed by atoms with Crippen LogP contribution < -0.4 is 11.1 Å². The first-order chi connectivity index (χ1) is 16.3. The SMILES string of the molecule is CCc1snnc1SCC1=C(C(=O)O)N2C(=O)C(NC(=O)C(=NOC)c3csc(N)n3)C2SC1. The minimum Gasteiger partial charge on any atom is -0.477 e. The van der Waals surface area contributed by atoms with Crippen LogP contribution in [-0.4, -0.2) is 78.1 Å². The summed E-state index contributed by atoms with van der Waals surface area (Å²) in [5.74, 6) is -1.60. The number of nitrogens with zero attached hydrogens (tertiary/aromatic N) is 5. The van der Waals surface area contributed by atoms with Gasteiger partial charge < -0.3 is 21.0 Å². The molecule has 2 aliphatic rings. The number of thiazole rings is 1. The van der Waals surface area contributed by atoms with Gasteiger partial charge in [0.25, 0.3) is 11.8 Å². The molecule has 1 fully saturated rings. The number of nitrogen functional groups attached to an aromatic ring is 1. The molecule has 1 saturated heterocycles. The number of aliphatic carboxylic acids is 1. The fourth-order valence-corrected chi connectivity index (χ4v) is 7.16. The topological polar surface area (TPSA) is 173 Å². The van der Waals surface area contributed by atoms with Gasteiger partial charge in [0.15, 0.2) is 10.8 Å². The second-order valence-corrected chi connectivity index (χ2v) is 10.8. The van der Waals surface area contributed by atoms with Crippen molar-refractivity contribution in [1.82, 2.24) is 24.8 Å². The molecule has 4 N–H and O–H groups in total. The highest BCUT2D eigenvalue weighted by Gasteiger charge is 2.54. The van der Waals surface area contributed by atoms with Gasteiger partial charge >= 0.3 is 5.97 Å². The lowest BCUT2D eigenvalue weighted by atomic mass is 10.0. The molecule has 2 unspecified atom stereocenters. The fourth-order valence-electron chi connectivity index (χ4n) is 3.38. The number of thioether (sulfide) groups is 2. The molecule has 2 atom stereocenters. The van der Waals surface area contributed by atoms with Crippen LogP contribution in [0.25, 0.3) is 0 Å². The van der Waals surface area contributed by atoms with E-state index in [4.69, 9.17) is 10.6 Å². The van der Waals surface area contributed by atoms with Crippen LogP contribution in [0.5, 0.6) is 0 Å². The zero-order chi connectivity index (χ0) is 24.4. The van der Waals surface area contributed by atoms with E-state index >= 15 is 0 Å². The van der Waals surface area contributed by atoms with Crippen molar-refractivity contribution in [3.63, 3.8) is 0 Å². The molecule has 2 aromatic heterocycles. The van der Waals surface area contributed by atoms with Crippen LogP contribution in [0.3, 0.4) is 0 Å². The number of aromatic nitrogens is 3. The third kappa shape index (κ3) is 4.62. The molecule has 0 radical (unpaired) electrons. The number of fused-ring (bicyclic) bond motifs is 1. The number of anilines is 1. The van der Waals surface area contributed by atoms with Crippen molar-refractivity contribution in [2.45, 2.75) is 29.8 Å². The summed E-state index contributed by atoms with van der Waals surface area (Å²) in [6, 6.07) is -0.909. The van der Waals surface area contributed by atoms with Crippen molar-refractivity contribution >= 4 is 75.0 Å². The van der Waals surface area contributed by atoms with Gasteiger partial charge in [-0.2, -0.15) is 0 Å². The molecule has 2 amide bonds. The number of amides is 2. The maximum Gasteiger partial charge on any atom is 0.352 e. The van der Waals surface area contributed by atoms with E-state index in [2.05, 4.69) is 25.0 Å². The summed E-state index contributed by atoms with van der Waals surface area (Å²) in [5, 5.41) is 22.3. The highest BCUT2D eigenvalue weighted by Crippen LogP contribution is 2.41. The van der Waals surface area contributed by atoms with Crippen LogP contribution in [0.4, 0.5) is 5.13 Å². The molecule has 0 spiro atoms. The number of oxime groups is 1. The molecule has 0 saturated carbocycles. The Labute approximate surface area is 210 Å². The highest BCUT2D eigenvalue weighted by atomic mass is 32.2. The van der Waals surface area contributed by atoms with E-state index in [1.165, 1.54) is 47.1 Å². The van der Waals surface area contributed by atoms with Gasteiger partial charge in [-0.1, -0.05) is 28.3 Å². The molecule has 16 heteroatoms.